The molecule has 4 rings (SSSR count). The molecule has 3 aromatic heterocycles. The van der Waals surface area contributed by atoms with Gasteiger partial charge in [-0.2, -0.15) is 15.2 Å². The number of anilines is 1. The first-order valence-corrected chi connectivity index (χ1v) is 10.8. The summed E-state index contributed by atoms with van der Waals surface area (Å²) in [5.41, 5.74) is 5.07. The molecule has 0 radical (unpaired) electrons. The van der Waals surface area contributed by atoms with E-state index in [1.165, 1.54) is 0 Å². The molecule has 0 saturated carbocycles. The minimum Gasteiger partial charge on any atom is -0.368 e. The molecule has 166 valence electrons. The highest BCUT2D eigenvalue weighted by Gasteiger charge is 2.17. The van der Waals surface area contributed by atoms with Gasteiger partial charge in [0.1, 0.15) is 6.33 Å². The lowest BCUT2D eigenvalue weighted by atomic mass is 10.1. The van der Waals surface area contributed by atoms with Crippen LogP contribution in [0.25, 0.3) is 23.2 Å². The number of rotatable bonds is 8. The van der Waals surface area contributed by atoms with Crippen LogP contribution in [0.1, 0.15) is 42.4 Å². The zero-order valence-electron chi connectivity index (χ0n) is 19.0. The lowest BCUT2D eigenvalue weighted by Crippen LogP contribution is -2.11. The SMILES string of the molecule is C=C/C=C\c1c(C)ncn1-c1nc(NCCc2ccc(C#N)cc2)c2ncn(C(C)C)c2n1. The van der Waals surface area contributed by atoms with Crippen molar-refractivity contribution in [3.05, 3.63) is 78.2 Å². The number of imidazole rings is 2. The lowest BCUT2D eigenvalue weighted by Gasteiger charge is -2.12. The number of aryl methyl sites for hydroxylation is 1. The van der Waals surface area contributed by atoms with Gasteiger partial charge in [-0.05, 0) is 51.0 Å². The van der Waals surface area contributed by atoms with Crippen molar-refractivity contribution >= 4 is 23.1 Å². The van der Waals surface area contributed by atoms with Gasteiger partial charge in [0.2, 0.25) is 5.95 Å². The Morgan fingerprint density at radius 3 is 2.64 bits per heavy atom. The summed E-state index contributed by atoms with van der Waals surface area (Å²) in [6, 6.07) is 9.96. The number of hydrogen-bond donors (Lipinski definition) is 1. The van der Waals surface area contributed by atoms with E-state index in [0.717, 1.165) is 34.5 Å². The lowest BCUT2D eigenvalue weighted by molar-refractivity contribution is 0.612. The van der Waals surface area contributed by atoms with Gasteiger partial charge in [-0.25, -0.2) is 9.97 Å². The maximum absolute atomic E-state index is 8.98. The Bertz CT molecular complexity index is 1350. The van der Waals surface area contributed by atoms with Gasteiger partial charge < -0.3 is 9.88 Å². The smallest absolute Gasteiger partial charge is 0.239 e. The molecule has 1 N–H and O–H groups in total. The predicted molar refractivity (Wildman–Crippen MR) is 130 cm³/mol. The van der Waals surface area contributed by atoms with Crippen LogP contribution < -0.4 is 5.32 Å². The fourth-order valence-electron chi connectivity index (χ4n) is 3.55. The van der Waals surface area contributed by atoms with Crippen molar-refractivity contribution in [2.75, 3.05) is 11.9 Å². The number of nitriles is 1. The van der Waals surface area contributed by atoms with Gasteiger partial charge in [0.15, 0.2) is 17.0 Å². The van der Waals surface area contributed by atoms with E-state index in [-0.39, 0.29) is 6.04 Å². The molecule has 0 bridgehead atoms. The quantitative estimate of drug-likeness (QED) is 0.403. The molecular weight excluding hydrogens is 412 g/mol. The molecule has 33 heavy (non-hydrogen) atoms. The van der Waals surface area contributed by atoms with E-state index >= 15 is 0 Å². The first-order valence-electron chi connectivity index (χ1n) is 10.8. The summed E-state index contributed by atoms with van der Waals surface area (Å²) in [6.45, 7) is 10.6. The molecule has 0 unspecified atom stereocenters. The van der Waals surface area contributed by atoms with Crippen molar-refractivity contribution in [1.82, 2.24) is 29.1 Å². The van der Waals surface area contributed by atoms with Gasteiger partial charge in [0.25, 0.3) is 0 Å². The Kier molecular flexibility index (Phi) is 6.31. The van der Waals surface area contributed by atoms with E-state index in [0.29, 0.717) is 23.9 Å². The second-order valence-corrected chi connectivity index (χ2v) is 7.96. The van der Waals surface area contributed by atoms with Crippen molar-refractivity contribution in [3.8, 4) is 12.0 Å². The van der Waals surface area contributed by atoms with Crippen molar-refractivity contribution in [3.63, 3.8) is 0 Å². The van der Waals surface area contributed by atoms with Crippen LogP contribution in [-0.4, -0.2) is 35.6 Å². The number of nitrogens with zero attached hydrogens (tertiary/aromatic N) is 7. The highest BCUT2D eigenvalue weighted by atomic mass is 15.3. The van der Waals surface area contributed by atoms with Crippen LogP contribution in [-0.2, 0) is 6.42 Å². The molecule has 0 amide bonds. The van der Waals surface area contributed by atoms with Gasteiger partial charge in [-0.3, -0.25) is 4.57 Å². The standard InChI is InChI=1S/C25H26N8/c1-5-6-7-21-18(4)28-15-33(21)25-30-23(22-24(31-25)32(16-29-22)17(2)3)27-13-12-19-8-10-20(14-26)11-9-19/h5-11,15-17H,1,12-13H2,2-4H3,(H,27,30,31)/b7-6-. The van der Waals surface area contributed by atoms with E-state index in [1.807, 2.05) is 52.5 Å². The van der Waals surface area contributed by atoms with Crippen LogP contribution in [0.5, 0.6) is 0 Å². The average molecular weight is 439 g/mol. The zero-order valence-corrected chi connectivity index (χ0v) is 19.0. The topological polar surface area (TPSA) is 97.2 Å². The summed E-state index contributed by atoms with van der Waals surface area (Å²) in [4.78, 5) is 18.7. The van der Waals surface area contributed by atoms with E-state index < -0.39 is 0 Å². The van der Waals surface area contributed by atoms with Crippen LogP contribution in [0.2, 0.25) is 0 Å². The molecule has 0 saturated heterocycles. The molecular formula is C25H26N8. The maximum atomic E-state index is 8.98. The normalized spacial score (nSPS) is 11.4. The summed E-state index contributed by atoms with van der Waals surface area (Å²) in [5.74, 6) is 1.20. The highest BCUT2D eigenvalue weighted by molar-refractivity contribution is 5.84. The third-order valence-corrected chi connectivity index (χ3v) is 5.36. The van der Waals surface area contributed by atoms with Crippen molar-refractivity contribution in [2.45, 2.75) is 33.2 Å². The Morgan fingerprint density at radius 1 is 1.15 bits per heavy atom. The first-order chi connectivity index (χ1) is 16.0. The average Bonchev–Trinajstić information content (AvgIpc) is 3.41. The largest absolute Gasteiger partial charge is 0.368 e. The van der Waals surface area contributed by atoms with E-state index in [2.05, 4.69) is 41.8 Å². The molecule has 0 atom stereocenters. The minimum absolute atomic E-state index is 0.203. The molecule has 1 aromatic carbocycles. The number of aromatic nitrogens is 6. The van der Waals surface area contributed by atoms with E-state index in [4.69, 9.17) is 15.2 Å². The Balaban J connectivity index is 1.70. The van der Waals surface area contributed by atoms with Crippen molar-refractivity contribution in [1.29, 1.82) is 5.26 Å². The van der Waals surface area contributed by atoms with E-state index in [1.54, 1.807) is 18.7 Å². The third-order valence-electron chi connectivity index (χ3n) is 5.36. The number of benzene rings is 1. The van der Waals surface area contributed by atoms with Gasteiger partial charge in [-0.15, -0.1) is 0 Å². The Hall–Kier alpha value is -4.25. The zero-order chi connectivity index (χ0) is 23.4. The predicted octanol–water partition coefficient (Wildman–Crippen LogP) is 4.63. The van der Waals surface area contributed by atoms with Crippen molar-refractivity contribution in [2.24, 2.45) is 0 Å². The van der Waals surface area contributed by atoms with Crippen LogP contribution in [0.4, 0.5) is 5.82 Å². The number of fused-ring (bicyclic) bond motifs is 1. The number of allylic oxidation sites excluding steroid dienone is 2. The van der Waals surface area contributed by atoms with Crippen LogP contribution in [0.3, 0.4) is 0 Å². The Labute approximate surface area is 193 Å². The molecule has 0 spiro atoms. The second-order valence-electron chi connectivity index (χ2n) is 7.96. The number of hydrogen-bond acceptors (Lipinski definition) is 6. The van der Waals surface area contributed by atoms with Crippen LogP contribution in [0.15, 0.2) is 55.7 Å². The molecule has 0 aliphatic rings. The molecule has 0 fully saturated rings. The van der Waals surface area contributed by atoms with Gasteiger partial charge >= 0.3 is 0 Å². The van der Waals surface area contributed by atoms with Crippen LogP contribution >= 0.6 is 0 Å². The first kappa shape index (κ1) is 22.0. The van der Waals surface area contributed by atoms with Crippen LogP contribution in [0, 0.1) is 18.3 Å². The maximum Gasteiger partial charge on any atom is 0.239 e. The minimum atomic E-state index is 0.203. The summed E-state index contributed by atoms with van der Waals surface area (Å²) in [7, 11) is 0. The monoisotopic (exact) mass is 438 g/mol. The van der Waals surface area contributed by atoms with Gasteiger partial charge in [0.05, 0.1) is 29.3 Å². The second kappa shape index (κ2) is 9.49. The fourth-order valence-corrected chi connectivity index (χ4v) is 3.55. The summed E-state index contributed by atoms with van der Waals surface area (Å²) < 4.78 is 3.91. The molecule has 3 heterocycles. The third kappa shape index (κ3) is 4.53. The molecule has 0 aliphatic carbocycles. The fraction of sp³-hybridized carbons (Fsp3) is 0.240. The summed E-state index contributed by atoms with van der Waals surface area (Å²) >= 11 is 0. The highest BCUT2D eigenvalue weighted by Crippen LogP contribution is 2.24. The van der Waals surface area contributed by atoms with E-state index in [9.17, 15) is 0 Å². The molecule has 8 nitrogen and oxygen atoms in total. The molecule has 0 aliphatic heterocycles. The number of nitrogens with one attached hydrogen (secondary N) is 1. The molecule has 4 aromatic rings. The van der Waals surface area contributed by atoms with Crippen molar-refractivity contribution < 1.29 is 0 Å². The molecule has 8 heteroatoms. The summed E-state index contributed by atoms with van der Waals surface area (Å²) in [5, 5.41) is 12.4. The van der Waals surface area contributed by atoms with Gasteiger partial charge in [0, 0.05) is 12.6 Å². The Morgan fingerprint density at radius 2 is 1.94 bits per heavy atom. The summed E-state index contributed by atoms with van der Waals surface area (Å²) in [6.07, 6.45) is 9.86. The van der Waals surface area contributed by atoms with Gasteiger partial charge in [-0.1, -0.05) is 30.9 Å².